The van der Waals surface area contributed by atoms with Crippen LogP contribution in [0, 0.1) is 0 Å². The van der Waals surface area contributed by atoms with Crippen LogP contribution in [0.4, 0.5) is 4.39 Å². The predicted molar refractivity (Wildman–Crippen MR) is 36.2 cm³/mol. The van der Waals surface area contributed by atoms with Crippen LogP contribution in [0.3, 0.4) is 0 Å². The second-order valence-corrected chi connectivity index (χ2v) is 2.83. The molecular weight excluding hydrogens is 117 g/mol. The van der Waals surface area contributed by atoms with Crippen LogP contribution in [0.1, 0.15) is 26.2 Å². The average Bonchev–Trinajstić information content (AvgIpc) is 2.16. The van der Waals surface area contributed by atoms with Crippen LogP contribution < -0.4 is 5.32 Å². The lowest BCUT2D eigenvalue weighted by Crippen LogP contribution is -2.25. The first-order chi connectivity index (χ1) is 4.27. The molecular formula is C7H14FN. The number of halogens is 1. The molecule has 54 valence electrons. The van der Waals surface area contributed by atoms with E-state index in [4.69, 9.17) is 0 Å². The zero-order chi connectivity index (χ0) is 6.74. The molecule has 0 saturated carbocycles. The third-order valence-electron chi connectivity index (χ3n) is 1.89. The Hall–Kier alpha value is -0.110. The second-order valence-electron chi connectivity index (χ2n) is 2.83. The highest BCUT2D eigenvalue weighted by Gasteiger charge is 2.31. The van der Waals surface area contributed by atoms with Gasteiger partial charge in [-0.25, -0.2) is 4.39 Å². The molecule has 1 saturated heterocycles. The Labute approximate surface area is 55.6 Å². The van der Waals surface area contributed by atoms with Crippen LogP contribution in [0.25, 0.3) is 0 Å². The maximum atomic E-state index is 13.3. The van der Waals surface area contributed by atoms with Crippen LogP contribution in [-0.4, -0.2) is 18.8 Å². The molecule has 9 heavy (non-hydrogen) atoms. The van der Waals surface area contributed by atoms with E-state index in [1.807, 2.05) is 6.92 Å². The van der Waals surface area contributed by atoms with E-state index in [9.17, 15) is 4.39 Å². The van der Waals surface area contributed by atoms with Crippen molar-refractivity contribution in [2.75, 3.05) is 13.1 Å². The molecule has 0 aliphatic carbocycles. The van der Waals surface area contributed by atoms with E-state index in [-0.39, 0.29) is 0 Å². The van der Waals surface area contributed by atoms with Crippen molar-refractivity contribution in [2.45, 2.75) is 31.9 Å². The van der Waals surface area contributed by atoms with Gasteiger partial charge in [-0.05, 0) is 19.4 Å². The van der Waals surface area contributed by atoms with Crippen molar-refractivity contribution in [2.24, 2.45) is 0 Å². The normalized spacial score (nSPS) is 35.3. The zero-order valence-corrected chi connectivity index (χ0v) is 5.91. The molecule has 0 radical (unpaired) electrons. The maximum Gasteiger partial charge on any atom is 0.124 e. The summed E-state index contributed by atoms with van der Waals surface area (Å²) in [6.07, 6.45) is 2.39. The highest BCUT2D eigenvalue weighted by atomic mass is 19.1. The molecule has 1 nitrogen and oxygen atoms in total. The van der Waals surface area contributed by atoms with Crippen molar-refractivity contribution in [1.29, 1.82) is 0 Å². The smallest absolute Gasteiger partial charge is 0.124 e. The fraction of sp³-hybridized carbons (Fsp3) is 1.00. The molecule has 1 fully saturated rings. The molecule has 1 heterocycles. The van der Waals surface area contributed by atoms with Crippen molar-refractivity contribution in [3.63, 3.8) is 0 Å². The van der Waals surface area contributed by atoms with Gasteiger partial charge in [-0.15, -0.1) is 0 Å². The van der Waals surface area contributed by atoms with Crippen LogP contribution >= 0.6 is 0 Å². The van der Waals surface area contributed by atoms with Gasteiger partial charge in [0.1, 0.15) is 5.67 Å². The first kappa shape index (κ1) is 7.00. The Kier molecular flexibility index (Phi) is 2.06. The van der Waals surface area contributed by atoms with Crippen LogP contribution in [0.2, 0.25) is 0 Å². The summed E-state index contributed by atoms with van der Waals surface area (Å²) in [6, 6.07) is 0. The first-order valence-corrected chi connectivity index (χ1v) is 3.66. The van der Waals surface area contributed by atoms with Crippen molar-refractivity contribution >= 4 is 0 Å². The van der Waals surface area contributed by atoms with Gasteiger partial charge in [-0.1, -0.05) is 13.3 Å². The SMILES string of the molecule is CCCC1(F)CCNC1. The number of hydrogen-bond donors (Lipinski definition) is 1. The van der Waals surface area contributed by atoms with Gasteiger partial charge in [0.15, 0.2) is 0 Å². The summed E-state index contributed by atoms with van der Waals surface area (Å²) in [4.78, 5) is 0. The molecule has 0 aromatic heterocycles. The van der Waals surface area contributed by atoms with E-state index in [2.05, 4.69) is 5.32 Å². The molecule has 1 N–H and O–H groups in total. The van der Waals surface area contributed by atoms with E-state index >= 15 is 0 Å². The maximum absolute atomic E-state index is 13.3. The summed E-state index contributed by atoms with van der Waals surface area (Å²) < 4.78 is 13.3. The molecule has 1 aliphatic rings. The summed E-state index contributed by atoms with van der Waals surface area (Å²) in [7, 11) is 0. The van der Waals surface area contributed by atoms with Gasteiger partial charge in [-0.3, -0.25) is 0 Å². The Morgan fingerprint density at radius 1 is 1.67 bits per heavy atom. The molecule has 1 aliphatic heterocycles. The van der Waals surface area contributed by atoms with Crippen LogP contribution in [0.5, 0.6) is 0 Å². The summed E-state index contributed by atoms with van der Waals surface area (Å²) in [5.74, 6) is 0. The Morgan fingerprint density at radius 2 is 2.44 bits per heavy atom. The monoisotopic (exact) mass is 131 g/mol. The lowest BCUT2D eigenvalue weighted by molar-refractivity contribution is 0.175. The molecule has 0 amide bonds. The average molecular weight is 131 g/mol. The summed E-state index contributed by atoms with van der Waals surface area (Å²) in [6.45, 7) is 3.46. The molecule has 2 heteroatoms. The Bertz CT molecular complexity index is 86.9. The first-order valence-electron chi connectivity index (χ1n) is 3.66. The van der Waals surface area contributed by atoms with E-state index < -0.39 is 5.67 Å². The Balaban J connectivity index is 2.32. The fourth-order valence-corrected chi connectivity index (χ4v) is 1.37. The zero-order valence-electron chi connectivity index (χ0n) is 5.91. The number of nitrogens with one attached hydrogen (secondary N) is 1. The third kappa shape index (κ3) is 1.65. The second kappa shape index (κ2) is 2.65. The largest absolute Gasteiger partial charge is 0.313 e. The predicted octanol–water partition coefficient (Wildman–Crippen LogP) is 1.49. The number of alkyl halides is 1. The molecule has 1 rings (SSSR count). The van der Waals surface area contributed by atoms with Crippen molar-refractivity contribution in [1.82, 2.24) is 5.32 Å². The number of hydrogen-bond acceptors (Lipinski definition) is 1. The Morgan fingerprint density at radius 3 is 2.89 bits per heavy atom. The van der Waals surface area contributed by atoms with Gasteiger partial charge >= 0.3 is 0 Å². The van der Waals surface area contributed by atoms with Crippen molar-refractivity contribution in [3.05, 3.63) is 0 Å². The highest BCUT2D eigenvalue weighted by Crippen LogP contribution is 2.24. The molecule has 0 aromatic carbocycles. The molecule has 0 aromatic rings. The molecule has 1 unspecified atom stereocenters. The van der Waals surface area contributed by atoms with Crippen molar-refractivity contribution < 1.29 is 4.39 Å². The summed E-state index contributed by atoms with van der Waals surface area (Å²) >= 11 is 0. The lowest BCUT2D eigenvalue weighted by Gasteiger charge is -2.15. The van der Waals surface area contributed by atoms with Gasteiger partial charge in [0.2, 0.25) is 0 Å². The van der Waals surface area contributed by atoms with Gasteiger partial charge in [0.05, 0.1) is 0 Å². The van der Waals surface area contributed by atoms with Crippen molar-refractivity contribution in [3.8, 4) is 0 Å². The standard InChI is InChI=1S/C7H14FN/c1-2-3-7(8)4-5-9-6-7/h9H,2-6H2,1H3. The van der Waals surface area contributed by atoms with Crippen LogP contribution in [-0.2, 0) is 0 Å². The van der Waals surface area contributed by atoms with E-state index in [1.165, 1.54) is 0 Å². The van der Waals surface area contributed by atoms with E-state index in [0.29, 0.717) is 13.0 Å². The van der Waals surface area contributed by atoms with Gasteiger partial charge in [0.25, 0.3) is 0 Å². The van der Waals surface area contributed by atoms with Gasteiger partial charge < -0.3 is 5.32 Å². The minimum absolute atomic E-state index is 0.570. The van der Waals surface area contributed by atoms with Gasteiger partial charge in [-0.2, -0.15) is 0 Å². The van der Waals surface area contributed by atoms with E-state index in [1.54, 1.807) is 0 Å². The molecule has 0 spiro atoms. The summed E-state index contributed by atoms with van der Waals surface area (Å²) in [5, 5.41) is 3.02. The van der Waals surface area contributed by atoms with Gasteiger partial charge in [0, 0.05) is 6.54 Å². The highest BCUT2D eigenvalue weighted by molar-refractivity contribution is 4.87. The summed E-state index contributed by atoms with van der Waals surface area (Å²) in [5.41, 5.74) is -0.866. The van der Waals surface area contributed by atoms with Crippen LogP contribution in [0.15, 0.2) is 0 Å². The fourth-order valence-electron chi connectivity index (χ4n) is 1.37. The quantitative estimate of drug-likeness (QED) is 0.598. The minimum Gasteiger partial charge on any atom is -0.313 e. The molecule has 1 atom stereocenters. The topological polar surface area (TPSA) is 12.0 Å². The third-order valence-corrected chi connectivity index (χ3v) is 1.89. The molecule has 0 bridgehead atoms. The minimum atomic E-state index is -0.866. The number of rotatable bonds is 2. The van der Waals surface area contributed by atoms with E-state index in [0.717, 1.165) is 19.4 Å². The lowest BCUT2D eigenvalue weighted by atomic mass is 10.00.